The average molecular weight is 370 g/mol. The lowest BCUT2D eigenvalue weighted by Crippen LogP contribution is -2.38. The fraction of sp³-hybridized carbons (Fsp3) is 0.625. The molecule has 22 heavy (non-hydrogen) atoms. The summed E-state index contributed by atoms with van der Waals surface area (Å²) in [6.45, 7) is 3.94. The highest BCUT2D eigenvalue weighted by molar-refractivity contribution is 7.90. The van der Waals surface area contributed by atoms with Gasteiger partial charge in [0.15, 0.2) is 0 Å². The number of sulfonamides is 1. The van der Waals surface area contributed by atoms with Crippen molar-refractivity contribution in [2.75, 3.05) is 19.4 Å². The second-order valence-corrected chi connectivity index (χ2v) is 7.37. The number of rotatable bonds is 8. The van der Waals surface area contributed by atoms with E-state index in [4.69, 9.17) is 0 Å². The van der Waals surface area contributed by atoms with E-state index in [-0.39, 0.29) is 5.57 Å². The normalized spacial score (nSPS) is 13.2. The number of carbonyl (C=O) groups excluding carboxylic acids is 1. The lowest BCUT2D eigenvalue weighted by Gasteiger charge is -2.17. The van der Waals surface area contributed by atoms with Gasteiger partial charge >= 0.3 is 15.6 Å². The van der Waals surface area contributed by atoms with Gasteiger partial charge in [0.25, 0.3) is 5.91 Å². The van der Waals surface area contributed by atoms with Gasteiger partial charge in [-0.1, -0.05) is 11.0 Å². The molecule has 0 aliphatic heterocycles. The Kier molecular flexibility index (Phi) is 6.96. The van der Waals surface area contributed by atoms with E-state index in [1.807, 2.05) is 0 Å². The van der Waals surface area contributed by atoms with Gasteiger partial charge in [0, 0.05) is 12.6 Å². The number of amides is 1. The molecule has 0 heterocycles. The fourth-order valence-corrected chi connectivity index (χ4v) is 2.23. The first-order valence-electron chi connectivity index (χ1n) is 5.26. The van der Waals surface area contributed by atoms with Crippen LogP contribution in [0.25, 0.3) is 0 Å². The summed E-state index contributed by atoms with van der Waals surface area (Å²) >= 11 is 0. The zero-order valence-corrected chi connectivity index (χ0v) is 13.0. The molecule has 0 saturated carbocycles. The summed E-state index contributed by atoms with van der Waals surface area (Å²) in [5, 5.41) is 0. The summed E-state index contributed by atoms with van der Waals surface area (Å²) in [5.74, 6) is -1.69. The molecule has 9 nitrogen and oxygen atoms in total. The Morgan fingerprint density at radius 2 is 1.77 bits per heavy atom. The lowest BCUT2D eigenvalue weighted by atomic mass is 10.3. The number of alkyl halides is 3. The van der Waals surface area contributed by atoms with Crippen molar-refractivity contribution in [1.82, 2.24) is 9.95 Å². The highest BCUT2D eigenvalue weighted by Crippen LogP contribution is 2.25. The van der Waals surface area contributed by atoms with Gasteiger partial charge in [-0.15, -0.1) is 0 Å². The fourth-order valence-electron chi connectivity index (χ4n) is 0.706. The van der Waals surface area contributed by atoms with Crippen LogP contribution in [0.3, 0.4) is 0 Å². The van der Waals surface area contributed by atoms with Gasteiger partial charge in [0.05, 0.1) is 12.4 Å². The van der Waals surface area contributed by atoms with Crippen LogP contribution in [0.2, 0.25) is 0 Å². The van der Waals surface area contributed by atoms with Crippen LogP contribution >= 0.6 is 0 Å². The number of hydrogen-bond acceptors (Lipinski definition) is 7. The van der Waals surface area contributed by atoms with E-state index in [0.29, 0.717) is 7.05 Å². The zero-order chi connectivity index (χ0) is 17.8. The summed E-state index contributed by atoms with van der Waals surface area (Å²) in [5.41, 5.74) is -3.90. The van der Waals surface area contributed by atoms with Gasteiger partial charge < -0.3 is 0 Å². The van der Waals surface area contributed by atoms with E-state index in [1.54, 1.807) is 5.48 Å². The number of hydrogen-bond donors (Lipinski definition) is 1. The molecule has 0 spiro atoms. The Hall–Kier alpha value is -1.22. The van der Waals surface area contributed by atoms with Crippen LogP contribution in [0.5, 0.6) is 0 Å². The monoisotopic (exact) mass is 370 g/mol. The second kappa shape index (κ2) is 7.36. The van der Waals surface area contributed by atoms with Crippen LogP contribution in [0.15, 0.2) is 12.2 Å². The van der Waals surface area contributed by atoms with Crippen molar-refractivity contribution in [3.8, 4) is 0 Å². The summed E-state index contributed by atoms with van der Waals surface area (Å²) in [6.07, 6.45) is 0. The van der Waals surface area contributed by atoms with Crippen molar-refractivity contribution >= 4 is 26.0 Å². The largest absolute Gasteiger partial charge is 0.524 e. The number of carbonyl (C=O) groups is 1. The number of hydroxylamine groups is 2. The van der Waals surface area contributed by atoms with Crippen LogP contribution in [-0.4, -0.2) is 52.1 Å². The molecular weight excluding hydrogens is 357 g/mol. The first-order chi connectivity index (χ1) is 9.71. The summed E-state index contributed by atoms with van der Waals surface area (Å²) < 4.78 is 83.3. The summed E-state index contributed by atoms with van der Waals surface area (Å²) in [6, 6.07) is 0. The molecule has 0 bridgehead atoms. The molecular formula is C8H13F3N2O7S2. The highest BCUT2D eigenvalue weighted by Gasteiger charge is 2.49. The van der Waals surface area contributed by atoms with E-state index < -0.39 is 48.4 Å². The SMILES string of the molecule is C=C(C)C(=O)NOCCS(=O)(=O)N(C)OS(=O)(=O)C(F)(F)F. The molecule has 1 amide bonds. The third kappa shape index (κ3) is 6.27. The summed E-state index contributed by atoms with van der Waals surface area (Å²) in [7, 11) is -10.2. The maximum Gasteiger partial charge on any atom is 0.524 e. The molecule has 0 atom stereocenters. The predicted molar refractivity (Wildman–Crippen MR) is 66.5 cm³/mol. The maximum atomic E-state index is 12.0. The van der Waals surface area contributed by atoms with Crippen LogP contribution < -0.4 is 5.48 Å². The maximum absolute atomic E-state index is 12.0. The summed E-state index contributed by atoms with van der Waals surface area (Å²) in [4.78, 5) is 15.4. The van der Waals surface area contributed by atoms with Crippen molar-refractivity contribution in [2.45, 2.75) is 12.4 Å². The van der Waals surface area contributed by atoms with Gasteiger partial charge in [-0.2, -0.15) is 25.9 Å². The van der Waals surface area contributed by atoms with Gasteiger partial charge in [-0.05, 0) is 6.92 Å². The minimum absolute atomic E-state index is 0.0691. The lowest BCUT2D eigenvalue weighted by molar-refractivity contribution is -0.129. The van der Waals surface area contributed by atoms with E-state index in [0.717, 1.165) is 0 Å². The minimum atomic E-state index is -6.11. The molecule has 0 radical (unpaired) electrons. The Morgan fingerprint density at radius 1 is 1.27 bits per heavy atom. The molecule has 0 rings (SSSR count). The Bertz CT molecular complexity index is 627. The van der Waals surface area contributed by atoms with Crippen molar-refractivity contribution in [1.29, 1.82) is 0 Å². The van der Waals surface area contributed by atoms with Crippen molar-refractivity contribution in [3.05, 3.63) is 12.2 Å². The number of nitrogens with one attached hydrogen (secondary N) is 1. The van der Waals surface area contributed by atoms with Gasteiger partial charge in [-0.3, -0.25) is 9.63 Å². The van der Waals surface area contributed by atoms with Gasteiger partial charge in [0.2, 0.25) is 10.0 Å². The Morgan fingerprint density at radius 3 is 2.18 bits per heavy atom. The van der Waals surface area contributed by atoms with Crippen molar-refractivity contribution < 1.29 is 43.9 Å². The number of nitrogens with zero attached hydrogens (tertiary/aromatic N) is 1. The first kappa shape index (κ1) is 20.8. The van der Waals surface area contributed by atoms with Crippen LogP contribution in [0, 0.1) is 0 Å². The van der Waals surface area contributed by atoms with Crippen LogP contribution in [0.1, 0.15) is 6.92 Å². The quantitative estimate of drug-likeness (QED) is 0.268. The standard InChI is InChI=1S/C8H13F3N2O7S2/c1-6(2)7(14)12-19-4-5-21(15,16)13(3)20-22(17,18)8(9,10)11/h1,4-5H2,2-3H3,(H,12,14). The Labute approximate surface area is 124 Å². The molecule has 0 aliphatic carbocycles. The highest BCUT2D eigenvalue weighted by atomic mass is 32.2. The molecule has 14 heteroatoms. The smallest absolute Gasteiger partial charge is 0.272 e. The molecule has 130 valence electrons. The van der Waals surface area contributed by atoms with Gasteiger partial charge in [0.1, 0.15) is 0 Å². The predicted octanol–water partition coefficient (Wildman–Crippen LogP) is -0.347. The third-order valence-electron chi connectivity index (χ3n) is 1.87. The first-order valence-corrected chi connectivity index (χ1v) is 8.27. The minimum Gasteiger partial charge on any atom is -0.272 e. The Balaban J connectivity index is 4.58. The molecule has 0 saturated heterocycles. The van der Waals surface area contributed by atoms with Crippen molar-refractivity contribution in [2.24, 2.45) is 0 Å². The average Bonchev–Trinajstić information content (AvgIpc) is 2.32. The number of halogens is 3. The van der Waals surface area contributed by atoms with E-state index in [2.05, 4.69) is 15.7 Å². The topological polar surface area (TPSA) is 119 Å². The molecule has 0 aromatic carbocycles. The van der Waals surface area contributed by atoms with Crippen LogP contribution in [0.4, 0.5) is 13.2 Å². The van der Waals surface area contributed by atoms with Crippen LogP contribution in [-0.2, 0) is 34.1 Å². The zero-order valence-electron chi connectivity index (χ0n) is 11.4. The second-order valence-electron chi connectivity index (χ2n) is 3.76. The van der Waals surface area contributed by atoms with E-state index >= 15 is 0 Å². The molecule has 0 unspecified atom stereocenters. The molecule has 0 aromatic heterocycles. The third-order valence-corrected chi connectivity index (χ3v) is 4.50. The van der Waals surface area contributed by atoms with E-state index in [1.165, 1.54) is 6.92 Å². The molecule has 0 aromatic rings. The molecule has 0 fully saturated rings. The van der Waals surface area contributed by atoms with Crippen molar-refractivity contribution in [3.63, 3.8) is 0 Å². The molecule has 1 N–H and O–H groups in total. The molecule has 0 aliphatic rings. The van der Waals surface area contributed by atoms with Gasteiger partial charge in [-0.25, -0.2) is 13.9 Å². The van der Waals surface area contributed by atoms with E-state index in [9.17, 15) is 34.8 Å².